The molecular weight excluding hydrogens is 366 g/mol. The van der Waals surface area contributed by atoms with Crippen molar-refractivity contribution in [3.05, 3.63) is 35.7 Å². The van der Waals surface area contributed by atoms with Gasteiger partial charge in [0, 0.05) is 25.3 Å². The van der Waals surface area contributed by atoms with Crippen LogP contribution < -0.4 is 0 Å². The standard InChI is InChI=1S/C15H19N3O5S2/c1-11-3-5-13(6-4-11)25(21,22)18-9-7-12(8-10-18)14-16-17-15(23-14)24(2,19)20/h3-6,12H,7-10H2,1-2H3. The Morgan fingerprint density at radius 1 is 1.04 bits per heavy atom. The highest BCUT2D eigenvalue weighted by Crippen LogP contribution is 2.30. The average Bonchev–Trinajstić information content (AvgIpc) is 3.06. The largest absolute Gasteiger partial charge is 0.412 e. The van der Waals surface area contributed by atoms with Gasteiger partial charge in [-0.2, -0.15) is 4.31 Å². The summed E-state index contributed by atoms with van der Waals surface area (Å²) in [5.74, 6) is 0.0975. The molecule has 1 aliphatic heterocycles. The molecule has 0 aliphatic carbocycles. The quantitative estimate of drug-likeness (QED) is 0.781. The molecule has 0 atom stereocenters. The third-order valence-electron chi connectivity index (χ3n) is 4.20. The fourth-order valence-electron chi connectivity index (χ4n) is 2.74. The molecule has 136 valence electrons. The molecule has 1 aromatic carbocycles. The van der Waals surface area contributed by atoms with E-state index in [9.17, 15) is 16.8 Å². The Kier molecular flexibility index (Phi) is 4.69. The molecule has 1 fully saturated rings. The fourth-order valence-corrected chi connectivity index (χ4v) is 4.63. The van der Waals surface area contributed by atoms with E-state index in [1.165, 1.54) is 4.31 Å². The molecule has 10 heteroatoms. The van der Waals surface area contributed by atoms with Gasteiger partial charge in [-0.15, -0.1) is 5.10 Å². The minimum absolute atomic E-state index is 0.146. The molecule has 3 rings (SSSR count). The Labute approximate surface area is 146 Å². The molecule has 25 heavy (non-hydrogen) atoms. The number of nitrogens with zero attached hydrogens (tertiary/aromatic N) is 3. The zero-order chi connectivity index (χ0) is 18.2. The Hall–Kier alpha value is -1.78. The van der Waals surface area contributed by atoms with E-state index in [0.717, 1.165) is 11.8 Å². The zero-order valence-electron chi connectivity index (χ0n) is 13.9. The number of aryl methyl sites for hydroxylation is 1. The van der Waals surface area contributed by atoms with Gasteiger partial charge in [0.15, 0.2) is 0 Å². The monoisotopic (exact) mass is 385 g/mol. The second-order valence-electron chi connectivity index (χ2n) is 6.17. The second-order valence-corrected chi connectivity index (χ2v) is 10.0. The molecular formula is C15H19N3O5S2. The van der Waals surface area contributed by atoms with Gasteiger partial charge in [0.05, 0.1) is 4.90 Å². The normalized spacial score (nSPS) is 17.7. The van der Waals surface area contributed by atoms with Gasteiger partial charge in [0.2, 0.25) is 25.8 Å². The van der Waals surface area contributed by atoms with Gasteiger partial charge in [0.1, 0.15) is 0 Å². The molecule has 2 heterocycles. The van der Waals surface area contributed by atoms with Gasteiger partial charge < -0.3 is 4.42 Å². The first kappa shape index (κ1) is 18.0. The third-order valence-corrected chi connectivity index (χ3v) is 6.91. The summed E-state index contributed by atoms with van der Waals surface area (Å²) < 4.78 is 54.8. The maximum Gasteiger partial charge on any atom is 0.335 e. The molecule has 8 nitrogen and oxygen atoms in total. The number of hydrogen-bond acceptors (Lipinski definition) is 7. The predicted molar refractivity (Wildman–Crippen MR) is 89.3 cm³/mol. The van der Waals surface area contributed by atoms with E-state index in [2.05, 4.69) is 10.2 Å². The minimum Gasteiger partial charge on any atom is -0.412 e. The van der Waals surface area contributed by atoms with Crippen molar-refractivity contribution in [2.45, 2.75) is 35.8 Å². The Balaban J connectivity index is 1.71. The van der Waals surface area contributed by atoms with Gasteiger partial charge in [-0.1, -0.05) is 22.8 Å². The van der Waals surface area contributed by atoms with Crippen molar-refractivity contribution in [1.29, 1.82) is 0 Å². The lowest BCUT2D eigenvalue weighted by atomic mass is 9.98. The highest BCUT2D eigenvalue weighted by molar-refractivity contribution is 7.90. The Morgan fingerprint density at radius 2 is 1.64 bits per heavy atom. The molecule has 0 spiro atoms. The minimum atomic E-state index is -3.54. The predicted octanol–water partition coefficient (Wildman–Crippen LogP) is 1.35. The van der Waals surface area contributed by atoms with Crippen LogP contribution in [0.4, 0.5) is 0 Å². The maximum atomic E-state index is 12.7. The van der Waals surface area contributed by atoms with E-state index in [4.69, 9.17) is 4.42 Å². The van der Waals surface area contributed by atoms with Crippen LogP contribution in [0.3, 0.4) is 0 Å². The molecule has 0 bridgehead atoms. The number of sulfone groups is 1. The topological polar surface area (TPSA) is 110 Å². The van der Waals surface area contributed by atoms with Gasteiger partial charge >= 0.3 is 5.22 Å². The summed E-state index contributed by atoms with van der Waals surface area (Å²) in [7, 11) is -7.07. The SMILES string of the molecule is Cc1ccc(S(=O)(=O)N2CCC(c3nnc(S(C)(=O)=O)o3)CC2)cc1. The van der Waals surface area contributed by atoms with Crippen molar-refractivity contribution >= 4 is 19.9 Å². The summed E-state index contributed by atoms with van der Waals surface area (Å²) in [6.07, 6.45) is 1.99. The molecule has 2 aromatic rings. The number of piperidine rings is 1. The molecule has 0 N–H and O–H groups in total. The summed E-state index contributed by atoms with van der Waals surface area (Å²) in [5, 5.41) is 6.94. The van der Waals surface area contributed by atoms with Gasteiger partial charge in [-0.3, -0.25) is 0 Å². The Bertz CT molecular complexity index is 957. The summed E-state index contributed by atoms with van der Waals surface area (Å²) in [6, 6.07) is 6.75. The van der Waals surface area contributed by atoms with Crippen molar-refractivity contribution < 1.29 is 21.3 Å². The van der Waals surface area contributed by atoms with Crippen LogP contribution in [0.25, 0.3) is 0 Å². The van der Waals surface area contributed by atoms with Crippen LogP contribution in [-0.2, 0) is 19.9 Å². The lowest BCUT2D eigenvalue weighted by Crippen LogP contribution is -2.37. The van der Waals surface area contributed by atoms with Crippen molar-refractivity contribution in [2.24, 2.45) is 0 Å². The van der Waals surface area contributed by atoms with E-state index < -0.39 is 25.1 Å². The molecule has 0 unspecified atom stereocenters. The van der Waals surface area contributed by atoms with Crippen molar-refractivity contribution in [1.82, 2.24) is 14.5 Å². The summed E-state index contributed by atoms with van der Waals surface area (Å²) >= 11 is 0. The van der Waals surface area contributed by atoms with Gasteiger partial charge in [-0.05, 0) is 31.9 Å². The van der Waals surface area contributed by atoms with E-state index >= 15 is 0 Å². The molecule has 1 saturated heterocycles. The van der Waals surface area contributed by atoms with Crippen LogP contribution in [0.15, 0.2) is 38.8 Å². The fraction of sp³-hybridized carbons (Fsp3) is 0.467. The van der Waals surface area contributed by atoms with Gasteiger partial charge in [-0.25, -0.2) is 16.8 Å². The number of aromatic nitrogens is 2. The first-order valence-electron chi connectivity index (χ1n) is 7.78. The molecule has 1 aliphatic rings. The van der Waals surface area contributed by atoms with Crippen LogP contribution in [0, 0.1) is 6.92 Å². The maximum absolute atomic E-state index is 12.7. The van der Waals surface area contributed by atoms with E-state index in [0.29, 0.717) is 25.9 Å². The first-order chi connectivity index (χ1) is 11.7. The summed E-state index contributed by atoms with van der Waals surface area (Å²) in [4.78, 5) is 0.272. The van der Waals surface area contributed by atoms with Crippen molar-refractivity contribution in [2.75, 3.05) is 19.3 Å². The number of sulfonamides is 1. The third kappa shape index (κ3) is 3.75. The van der Waals surface area contributed by atoms with Gasteiger partial charge in [0.25, 0.3) is 0 Å². The molecule has 0 saturated carbocycles. The van der Waals surface area contributed by atoms with Crippen LogP contribution >= 0.6 is 0 Å². The lowest BCUT2D eigenvalue weighted by molar-refractivity contribution is 0.278. The Morgan fingerprint density at radius 3 is 2.16 bits per heavy atom. The van der Waals surface area contributed by atoms with Crippen LogP contribution in [-0.4, -0.2) is 50.7 Å². The first-order valence-corrected chi connectivity index (χ1v) is 11.1. The summed E-state index contributed by atoms with van der Waals surface area (Å²) in [5.41, 5.74) is 0.996. The number of hydrogen-bond donors (Lipinski definition) is 0. The molecule has 0 amide bonds. The average molecular weight is 385 g/mol. The molecule has 0 radical (unpaired) electrons. The summed E-state index contributed by atoms with van der Waals surface area (Å²) in [6.45, 7) is 2.53. The molecule has 1 aromatic heterocycles. The highest BCUT2D eigenvalue weighted by atomic mass is 32.2. The van der Waals surface area contributed by atoms with Crippen LogP contribution in [0.5, 0.6) is 0 Å². The zero-order valence-corrected chi connectivity index (χ0v) is 15.5. The lowest BCUT2D eigenvalue weighted by Gasteiger charge is -2.29. The highest BCUT2D eigenvalue weighted by Gasteiger charge is 2.32. The van der Waals surface area contributed by atoms with E-state index in [1.807, 2.05) is 6.92 Å². The second kappa shape index (κ2) is 6.50. The van der Waals surface area contributed by atoms with Crippen LogP contribution in [0.1, 0.15) is 30.2 Å². The number of rotatable bonds is 4. The van der Waals surface area contributed by atoms with Crippen molar-refractivity contribution in [3.8, 4) is 0 Å². The van der Waals surface area contributed by atoms with E-state index in [1.54, 1.807) is 24.3 Å². The van der Waals surface area contributed by atoms with Crippen LogP contribution in [0.2, 0.25) is 0 Å². The van der Waals surface area contributed by atoms with Crippen molar-refractivity contribution in [3.63, 3.8) is 0 Å². The smallest absolute Gasteiger partial charge is 0.335 e. The number of benzene rings is 1. The van der Waals surface area contributed by atoms with E-state index in [-0.39, 0.29) is 16.7 Å².